The normalized spacial score (nSPS) is 17.3. The fourth-order valence-electron chi connectivity index (χ4n) is 3.85. The van der Waals surface area contributed by atoms with Gasteiger partial charge in [-0.2, -0.15) is 0 Å². The molecule has 1 fully saturated rings. The molecule has 1 N–H and O–H groups in total. The van der Waals surface area contributed by atoms with E-state index in [0.29, 0.717) is 27.8 Å². The Morgan fingerprint density at radius 1 is 1.06 bits per heavy atom. The van der Waals surface area contributed by atoms with E-state index in [1.54, 1.807) is 67.9 Å². The van der Waals surface area contributed by atoms with E-state index in [1.807, 2.05) is 0 Å². The fourth-order valence-corrected chi connectivity index (χ4v) is 4.02. The van der Waals surface area contributed by atoms with Gasteiger partial charge in [-0.25, -0.2) is 0 Å². The highest BCUT2D eigenvalue weighted by atomic mass is 35.5. The van der Waals surface area contributed by atoms with Gasteiger partial charge in [-0.15, -0.1) is 0 Å². The Kier molecular flexibility index (Phi) is 6.33. The number of aliphatic hydroxyl groups is 1. The molecular weight excluding hydrogens is 444 g/mol. The molecule has 1 saturated heterocycles. The predicted octanol–water partition coefficient (Wildman–Crippen LogP) is 4.37. The number of pyridine rings is 1. The summed E-state index contributed by atoms with van der Waals surface area (Å²) in [5.74, 6) is -0.953. The van der Waals surface area contributed by atoms with Crippen molar-refractivity contribution in [1.82, 2.24) is 9.88 Å². The average molecular weight is 465 g/mol. The first-order valence-corrected chi connectivity index (χ1v) is 10.5. The first-order chi connectivity index (χ1) is 15.9. The molecule has 1 amide bonds. The van der Waals surface area contributed by atoms with Gasteiger partial charge >= 0.3 is 0 Å². The lowest BCUT2D eigenvalue weighted by Crippen LogP contribution is -2.29. The molecule has 1 unspecified atom stereocenters. The zero-order chi connectivity index (χ0) is 23.5. The van der Waals surface area contributed by atoms with Crippen LogP contribution in [-0.2, 0) is 16.1 Å². The van der Waals surface area contributed by atoms with Crippen molar-refractivity contribution in [3.05, 3.63) is 94.3 Å². The van der Waals surface area contributed by atoms with Crippen LogP contribution in [-0.4, -0.2) is 40.9 Å². The molecule has 0 saturated carbocycles. The number of aromatic nitrogens is 1. The first kappa shape index (κ1) is 22.4. The highest BCUT2D eigenvalue weighted by Crippen LogP contribution is 2.42. The van der Waals surface area contributed by atoms with Gasteiger partial charge in [-0.3, -0.25) is 14.6 Å². The fraction of sp³-hybridized carbons (Fsp3) is 0.160. The summed E-state index contributed by atoms with van der Waals surface area (Å²) in [5, 5.41) is 11.6. The van der Waals surface area contributed by atoms with Gasteiger partial charge in [-0.05, 0) is 48.0 Å². The number of carbonyl (C=O) groups is 2. The molecule has 0 aliphatic carbocycles. The number of hydrogen-bond donors (Lipinski definition) is 1. The minimum atomic E-state index is -0.846. The number of benzene rings is 2. The third-order valence-corrected chi connectivity index (χ3v) is 5.68. The van der Waals surface area contributed by atoms with Gasteiger partial charge in [0.05, 0.1) is 43.6 Å². The molecule has 0 spiro atoms. The first-order valence-electron chi connectivity index (χ1n) is 10.1. The zero-order valence-electron chi connectivity index (χ0n) is 18.0. The van der Waals surface area contributed by atoms with E-state index in [1.165, 1.54) is 18.1 Å². The van der Waals surface area contributed by atoms with Gasteiger partial charge in [-0.1, -0.05) is 29.8 Å². The highest BCUT2D eigenvalue weighted by molar-refractivity contribution is 6.46. The average Bonchev–Trinajstić information content (AvgIpc) is 3.09. The predicted molar refractivity (Wildman–Crippen MR) is 123 cm³/mol. The number of likely N-dealkylation sites (tertiary alicyclic amines) is 1. The van der Waals surface area contributed by atoms with Gasteiger partial charge in [0.2, 0.25) is 0 Å². The van der Waals surface area contributed by atoms with E-state index in [-0.39, 0.29) is 23.4 Å². The van der Waals surface area contributed by atoms with Crippen molar-refractivity contribution in [2.24, 2.45) is 0 Å². The summed E-state index contributed by atoms with van der Waals surface area (Å²) in [6, 6.07) is 16.2. The molecule has 2 heterocycles. The third kappa shape index (κ3) is 4.27. The van der Waals surface area contributed by atoms with Crippen LogP contribution in [0.25, 0.3) is 5.76 Å². The Hall–Kier alpha value is -3.84. The van der Waals surface area contributed by atoms with E-state index < -0.39 is 17.7 Å². The van der Waals surface area contributed by atoms with Crippen molar-refractivity contribution in [1.29, 1.82) is 0 Å². The molecule has 3 aromatic rings. The molecule has 33 heavy (non-hydrogen) atoms. The molecule has 7 nitrogen and oxygen atoms in total. The summed E-state index contributed by atoms with van der Waals surface area (Å²) in [6.45, 7) is 0.0889. The number of hydrogen-bond acceptors (Lipinski definition) is 6. The molecule has 8 heteroatoms. The second-order valence-electron chi connectivity index (χ2n) is 7.37. The maximum atomic E-state index is 13.2. The van der Waals surface area contributed by atoms with Crippen LogP contribution in [0.2, 0.25) is 5.02 Å². The minimum absolute atomic E-state index is 0.0540. The number of rotatable bonds is 6. The lowest BCUT2D eigenvalue weighted by molar-refractivity contribution is -0.140. The smallest absolute Gasteiger partial charge is 0.296 e. The Balaban J connectivity index is 1.90. The summed E-state index contributed by atoms with van der Waals surface area (Å²) in [5.41, 5.74) is 1.41. The zero-order valence-corrected chi connectivity index (χ0v) is 18.7. The summed E-state index contributed by atoms with van der Waals surface area (Å²) < 4.78 is 10.6. The van der Waals surface area contributed by atoms with Gasteiger partial charge in [0.15, 0.2) is 0 Å². The molecule has 0 radical (unpaired) electrons. The standard InChI is InChI=1S/C25H21ClN2O5/c1-32-18-9-6-15(7-10-18)22-21(23(29)19-13-16(26)8-11-20(19)33-2)24(30)25(31)28(22)14-17-5-3-4-12-27-17/h3-13,22,29H,14H2,1-2H3/b23-21+. The Morgan fingerprint density at radius 3 is 2.45 bits per heavy atom. The summed E-state index contributed by atoms with van der Waals surface area (Å²) >= 11 is 6.14. The van der Waals surface area contributed by atoms with Crippen LogP contribution < -0.4 is 9.47 Å². The lowest BCUT2D eigenvalue weighted by atomic mass is 9.95. The second-order valence-corrected chi connectivity index (χ2v) is 7.80. The van der Waals surface area contributed by atoms with Crippen molar-refractivity contribution >= 4 is 29.1 Å². The summed E-state index contributed by atoms with van der Waals surface area (Å²) in [6.07, 6.45) is 1.62. The number of Topliss-reactive ketones (excluding diaryl/α,β-unsaturated/α-hetero) is 1. The SMILES string of the molecule is COc1ccc(C2/C(=C(\O)c3cc(Cl)ccc3OC)C(=O)C(=O)N2Cc2ccccn2)cc1. The maximum absolute atomic E-state index is 13.2. The van der Waals surface area contributed by atoms with Crippen LogP contribution in [0.4, 0.5) is 0 Å². The Labute approximate surface area is 195 Å². The van der Waals surface area contributed by atoms with Gasteiger partial charge < -0.3 is 19.5 Å². The van der Waals surface area contributed by atoms with Crippen LogP contribution in [0.3, 0.4) is 0 Å². The largest absolute Gasteiger partial charge is 0.507 e. The van der Waals surface area contributed by atoms with Gasteiger partial charge in [0.25, 0.3) is 11.7 Å². The lowest BCUT2D eigenvalue weighted by Gasteiger charge is -2.25. The van der Waals surface area contributed by atoms with Gasteiger partial charge in [0.1, 0.15) is 17.3 Å². The molecule has 4 rings (SSSR count). The second kappa shape index (κ2) is 9.34. The van der Waals surface area contributed by atoms with E-state index in [9.17, 15) is 14.7 Å². The Bertz CT molecular complexity index is 1230. The van der Waals surface area contributed by atoms with E-state index in [0.717, 1.165) is 0 Å². The van der Waals surface area contributed by atoms with Crippen LogP contribution in [0.5, 0.6) is 11.5 Å². The van der Waals surface area contributed by atoms with Crippen molar-refractivity contribution in [3.63, 3.8) is 0 Å². The topological polar surface area (TPSA) is 89.0 Å². The molecule has 168 valence electrons. The van der Waals surface area contributed by atoms with E-state index >= 15 is 0 Å². The van der Waals surface area contributed by atoms with Crippen LogP contribution in [0.1, 0.15) is 22.9 Å². The minimum Gasteiger partial charge on any atom is -0.507 e. The monoisotopic (exact) mass is 464 g/mol. The quantitative estimate of drug-likeness (QED) is 0.331. The number of carbonyl (C=O) groups excluding carboxylic acids is 2. The van der Waals surface area contributed by atoms with Gasteiger partial charge in [0, 0.05) is 11.2 Å². The number of ether oxygens (including phenoxy) is 2. The van der Waals surface area contributed by atoms with Crippen molar-refractivity contribution in [2.75, 3.05) is 14.2 Å². The molecule has 1 aromatic heterocycles. The molecule has 1 aliphatic heterocycles. The number of amides is 1. The number of methoxy groups -OCH3 is 2. The van der Waals surface area contributed by atoms with Crippen LogP contribution in [0, 0.1) is 0 Å². The number of ketones is 1. The number of aliphatic hydroxyl groups excluding tert-OH is 1. The Morgan fingerprint density at radius 2 is 1.82 bits per heavy atom. The van der Waals surface area contributed by atoms with Crippen LogP contribution in [0.15, 0.2) is 72.4 Å². The molecule has 0 bridgehead atoms. The van der Waals surface area contributed by atoms with E-state index in [2.05, 4.69) is 4.98 Å². The van der Waals surface area contributed by atoms with Crippen molar-refractivity contribution in [3.8, 4) is 11.5 Å². The van der Waals surface area contributed by atoms with Crippen LogP contribution >= 0.6 is 11.6 Å². The summed E-state index contributed by atoms with van der Waals surface area (Å²) in [7, 11) is 2.99. The van der Waals surface area contributed by atoms with Crippen molar-refractivity contribution in [2.45, 2.75) is 12.6 Å². The molecule has 2 aromatic carbocycles. The van der Waals surface area contributed by atoms with Crippen molar-refractivity contribution < 1.29 is 24.2 Å². The molecular formula is C25H21ClN2O5. The maximum Gasteiger partial charge on any atom is 0.296 e. The molecule has 1 aliphatic rings. The molecule has 1 atom stereocenters. The van der Waals surface area contributed by atoms with E-state index in [4.69, 9.17) is 21.1 Å². The summed E-state index contributed by atoms with van der Waals surface area (Å²) in [4.78, 5) is 32.0. The third-order valence-electron chi connectivity index (χ3n) is 5.45. The number of halogens is 1. The highest BCUT2D eigenvalue weighted by Gasteiger charge is 2.46. The number of nitrogens with zero attached hydrogens (tertiary/aromatic N) is 2.